The average molecular weight is 491 g/mol. The van der Waals surface area contributed by atoms with Crippen molar-refractivity contribution in [1.29, 1.82) is 0 Å². The van der Waals surface area contributed by atoms with E-state index in [0.29, 0.717) is 5.92 Å². The van der Waals surface area contributed by atoms with Crippen LogP contribution in [-0.2, 0) is 6.42 Å². The van der Waals surface area contributed by atoms with Gasteiger partial charge in [0.25, 0.3) is 0 Å². The molecule has 0 spiro atoms. The zero-order valence-corrected chi connectivity index (χ0v) is 20.0. The van der Waals surface area contributed by atoms with Crippen molar-refractivity contribution in [3.63, 3.8) is 0 Å². The molecule has 0 unspecified atom stereocenters. The number of ether oxygens (including phenoxy) is 1. The Morgan fingerprint density at radius 2 is 1.66 bits per heavy atom. The summed E-state index contributed by atoms with van der Waals surface area (Å²) in [6.07, 6.45) is 7.50. The first-order valence-corrected chi connectivity index (χ1v) is 12.6. The molecule has 1 nitrogen and oxygen atoms in total. The zero-order chi connectivity index (χ0) is 25.0. The highest BCUT2D eigenvalue weighted by molar-refractivity contribution is 5.48. The fraction of sp³-hybridized carbons (Fsp3) is 0.517. The van der Waals surface area contributed by atoms with Gasteiger partial charge in [-0.2, -0.15) is 0 Å². The smallest absolute Gasteiger partial charge is 0.399 e. The largest absolute Gasteiger partial charge is 0.573 e. The van der Waals surface area contributed by atoms with Crippen LogP contribution in [0.15, 0.2) is 30.3 Å². The molecule has 3 atom stereocenters. The van der Waals surface area contributed by atoms with Gasteiger partial charge in [0.05, 0.1) is 0 Å². The second-order valence-electron chi connectivity index (χ2n) is 9.91. The van der Waals surface area contributed by atoms with Crippen LogP contribution in [-0.4, -0.2) is 6.36 Å². The number of unbranched alkanes of at least 4 members (excludes halogenated alkanes) is 3. The first-order valence-electron chi connectivity index (χ1n) is 12.6. The summed E-state index contributed by atoms with van der Waals surface area (Å²) >= 11 is 0. The monoisotopic (exact) mass is 490 g/mol. The maximum atomic E-state index is 13.9. The molecule has 0 aromatic heterocycles. The molecule has 6 heteroatoms. The minimum atomic E-state index is -5.18. The van der Waals surface area contributed by atoms with Crippen LogP contribution in [0.3, 0.4) is 0 Å². The number of alkyl halides is 3. The van der Waals surface area contributed by atoms with Crippen LogP contribution in [0.5, 0.6) is 5.75 Å². The summed E-state index contributed by atoms with van der Waals surface area (Å²) in [5.41, 5.74) is 3.36. The lowest BCUT2D eigenvalue weighted by atomic mass is 9.64. The molecule has 1 fully saturated rings. The second-order valence-corrected chi connectivity index (χ2v) is 9.91. The number of benzene rings is 2. The summed E-state index contributed by atoms with van der Waals surface area (Å²) < 4.78 is 68.3. The minimum absolute atomic E-state index is 0.0513. The van der Waals surface area contributed by atoms with E-state index >= 15 is 0 Å². The molecule has 2 aromatic rings. The van der Waals surface area contributed by atoms with E-state index in [1.807, 2.05) is 12.1 Å². The number of halogens is 5. The van der Waals surface area contributed by atoms with Crippen molar-refractivity contribution in [2.24, 2.45) is 11.8 Å². The van der Waals surface area contributed by atoms with E-state index in [2.05, 4.69) is 29.6 Å². The van der Waals surface area contributed by atoms with E-state index in [-0.39, 0.29) is 5.56 Å². The van der Waals surface area contributed by atoms with Crippen molar-refractivity contribution in [1.82, 2.24) is 0 Å². The Hall–Kier alpha value is -2.55. The molecule has 4 rings (SSSR count). The topological polar surface area (TPSA) is 9.23 Å². The van der Waals surface area contributed by atoms with Gasteiger partial charge in [-0.1, -0.05) is 56.9 Å². The standard InChI is InChI=1S/C29H31F5O/c1-2-3-4-5-6-19-9-13-24-22(15-19)11-12-23-16-20(10-14-25(23)24)7-8-21-17-26(30)28(27(31)18-21)35-29(32,33)34/h10,14,16-19,22,24H,2-6,9,11-13,15H2,1H3/t19-,22-,24+/m1/s1. The Bertz CT molecular complexity index is 1070. The van der Waals surface area contributed by atoms with Crippen molar-refractivity contribution < 1.29 is 26.7 Å². The summed E-state index contributed by atoms with van der Waals surface area (Å²) in [6, 6.07) is 7.61. The quantitative estimate of drug-likeness (QED) is 0.224. The molecule has 0 saturated heterocycles. The van der Waals surface area contributed by atoms with E-state index in [0.717, 1.165) is 36.0 Å². The Morgan fingerprint density at radius 3 is 2.37 bits per heavy atom. The molecule has 2 aromatic carbocycles. The average Bonchev–Trinajstić information content (AvgIpc) is 2.82. The van der Waals surface area contributed by atoms with E-state index in [1.165, 1.54) is 68.9 Å². The molecule has 188 valence electrons. The highest BCUT2D eigenvalue weighted by atomic mass is 19.4. The Labute approximate surface area is 204 Å². The van der Waals surface area contributed by atoms with Crippen LogP contribution in [0, 0.1) is 35.3 Å². The van der Waals surface area contributed by atoms with Crippen molar-refractivity contribution in [2.75, 3.05) is 0 Å². The zero-order valence-electron chi connectivity index (χ0n) is 20.0. The molecular formula is C29H31F5O. The van der Waals surface area contributed by atoms with Gasteiger partial charge in [-0.15, -0.1) is 13.2 Å². The summed E-state index contributed by atoms with van der Waals surface area (Å²) in [5, 5.41) is 0. The number of aryl methyl sites for hydroxylation is 1. The van der Waals surface area contributed by atoms with Crippen LogP contribution >= 0.6 is 0 Å². The van der Waals surface area contributed by atoms with E-state index in [9.17, 15) is 22.0 Å². The van der Waals surface area contributed by atoms with E-state index in [4.69, 9.17) is 0 Å². The second kappa shape index (κ2) is 11.0. The summed E-state index contributed by atoms with van der Waals surface area (Å²) in [5.74, 6) is 3.40. The molecule has 0 bridgehead atoms. The molecule has 35 heavy (non-hydrogen) atoms. The number of rotatable bonds is 6. The third-order valence-electron chi connectivity index (χ3n) is 7.45. The maximum Gasteiger partial charge on any atom is 0.573 e. The number of fused-ring (bicyclic) bond motifs is 3. The molecule has 0 amide bonds. The molecule has 0 heterocycles. The van der Waals surface area contributed by atoms with Gasteiger partial charge in [-0.25, -0.2) is 8.78 Å². The first-order chi connectivity index (χ1) is 16.7. The van der Waals surface area contributed by atoms with Gasteiger partial charge in [0.2, 0.25) is 5.75 Å². The van der Waals surface area contributed by atoms with Crippen LogP contribution in [0.2, 0.25) is 0 Å². The Balaban J connectivity index is 1.43. The van der Waals surface area contributed by atoms with Gasteiger partial charge < -0.3 is 4.74 Å². The van der Waals surface area contributed by atoms with Crippen LogP contribution < -0.4 is 4.74 Å². The molecule has 0 radical (unpaired) electrons. The lowest BCUT2D eigenvalue weighted by Crippen LogP contribution is -2.28. The van der Waals surface area contributed by atoms with Crippen molar-refractivity contribution in [3.8, 4) is 17.6 Å². The van der Waals surface area contributed by atoms with Crippen LogP contribution in [0.25, 0.3) is 0 Å². The maximum absolute atomic E-state index is 13.9. The molecule has 2 aliphatic rings. The van der Waals surface area contributed by atoms with Gasteiger partial charge in [0, 0.05) is 11.1 Å². The summed E-state index contributed by atoms with van der Waals surface area (Å²) in [7, 11) is 0. The molecular weight excluding hydrogens is 459 g/mol. The lowest BCUT2D eigenvalue weighted by Gasteiger charge is -2.40. The van der Waals surface area contributed by atoms with Gasteiger partial charge in [0.1, 0.15) is 0 Å². The first kappa shape index (κ1) is 25.5. The van der Waals surface area contributed by atoms with Gasteiger partial charge in [0.15, 0.2) is 11.6 Å². The Kier molecular flexibility index (Phi) is 8.04. The van der Waals surface area contributed by atoms with Gasteiger partial charge in [-0.05, 0) is 85.3 Å². The van der Waals surface area contributed by atoms with Gasteiger partial charge >= 0.3 is 6.36 Å². The summed E-state index contributed by atoms with van der Waals surface area (Å²) in [4.78, 5) is 0. The fourth-order valence-corrected chi connectivity index (χ4v) is 5.80. The molecule has 1 saturated carbocycles. The van der Waals surface area contributed by atoms with Crippen LogP contribution in [0.4, 0.5) is 22.0 Å². The van der Waals surface area contributed by atoms with Crippen molar-refractivity contribution in [3.05, 3.63) is 64.2 Å². The molecule has 0 N–H and O–H groups in total. The lowest BCUT2D eigenvalue weighted by molar-refractivity contribution is -0.276. The molecule has 0 aliphatic heterocycles. The Morgan fingerprint density at radius 1 is 0.914 bits per heavy atom. The van der Waals surface area contributed by atoms with E-state index in [1.54, 1.807) is 0 Å². The minimum Gasteiger partial charge on any atom is -0.399 e. The number of hydrogen-bond donors (Lipinski definition) is 0. The number of hydrogen-bond acceptors (Lipinski definition) is 1. The summed E-state index contributed by atoms with van der Waals surface area (Å²) in [6.45, 7) is 2.25. The normalized spacial score (nSPS) is 21.5. The highest BCUT2D eigenvalue weighted by Crippen LogP contribution is 2.48. The fourth-order valence-electron chi connectivity index (χ4n) is 5.80. The third-order valence-corrected chi connectivity index (χ3v) is 7.45. The van der Waals surface area contributed by atoms with E-state index < -0.39 is 23.7 Å². The SMILES string of the molecule is CCCCCC[C@@H]1CC[C@@H]2c3ccc(C#Cc4cc(F)c(OC(F)(F)F)c(F)c4)cc3CC[C@@H]2C1. The molecule has 2 aliphatic carbocycles. The predicted octanol–water partition coefficient (Wildman–Crippen LogP) is 8.68. The van der Waals surface area contributed by atoms with Crippen LogP contribution in [0.1, 0.15) is 92.9 Å². The predicted molar refractivity (Wildman–Crippen MR) is 126 cm³/mol. The van der Waals surface area contributed by atoms with Crippen molar-refractivity contribution >= 4 is 0 Å². The van der Waals surface area contributed by atoms with Crippen molar-refractivity contribution in [2.45, 2.75) is 83.4 Å². The third kappa shape index (κ3) is 6.57. The highest BCUT2D eigenvalue weighted by Gasteiger charge is 2.35. The van der Waals surface area contributed by atoms with Gasteiger partial charge in [-0.3, -0.25) is 0 Å².